The normalized spacial score (nSPS) is 14.6. The number of carboxylic acids is 1. The number of hydrogen-bond acceptors (Lipinski definition) is 8. The minimum Gasteiger partial charge on any atom is -0.504 e. The van der Waals surface area contributed by atoms with Gasteiger partial charge in [-0.2, -0.15) is 0 Å². The molecule has 1 heterocycles. The highest BCUT2D eigenvalue weighted by molar-refractivity contribution is 5.90. The highest BCUT2D eigenvalue weighted by atomic mass is 16.5. The second-order valence-electron chi connectivity index (χ2n) is 6.48. The van der Waals surface area contributed by atoms with Crippen molar-refractivity contribution in [1.29, 1.82) is 0 Å². The third kappa shape index (κ3) is 9.54. The molecule has 0 bridgehead atoms. The van der Waals surface area contributed by atoms with E-state index in [1.165, 1.54) is 7.11 Å². The number of aliphatic hydroxyl groups is 1. The predicted octanol–water partition coefficient (Wildman–Crippen LogP) is -1.29. The van der Waals surface area contributed by atoms with E-state index in [0.717, 1.165) is 5.56 Å². The number of aryl methyl sites for hydroxylation is 1. The van der Waals surface area contributed by atoms with Gasteiger partial charge >= 0.3 is 5.97 Å². The molecule has 1 aromatic rings. The molecule has 11 heteroatoms. The molecule has 5 N–H and O–H groups in total. The Bertz CT molecular complexity index is 707. The summed E-state index contributed by atoms with van der Waals surface area (Å²) in [6, 6.07) is 4.14. The smallest absolute Gasteiger partial charge is 0.322 e. The van der Waals surface area contributed by atoms with Gasteiger partial charge in [0.2, 0.25) is 11.8 Å². The first-order valence-electron chi connectivity index (χ1n) is 9.30. The minimum atomic E-state index is -1.20. The lowest BCUT2D eigenvalue weighted by Crippen LogP contribution is -2.52. The fraction of sp³-hybridized carbons (Fsp3) is 0.526. The first-order chi connectivity index (χ1) is 14.3. The molecule has 1 saturated heterocycles. The molecular weight excluding hydrogens is 398 g/mol. The van der Waals surface area contributed by atoms with Crippen LogP contribution in [-0.4, -0.2) is 97.2 Å². The zero-order valence-corrected chi connectivity index (χ0v) is 17.1. The molecule has 2 rings (SSSR count). The van der Waals surface area contributed by atoms with Gasteiger partial charge in [-0.3, -0.25) is 19.3 Å². The highest BCUT2D eigenvalue weighted by Gasteiger charge is 2.22. The van der Waals surface area contributed by atoms with E-state index in [1.54, 1.807) is 12.1 Å². The topological polar surface area (TPSA) is 158 Å². The summed E-state index contributed by atoms with van der Waals surface area (Å²) in [6.45, 7) is 3.22. The zero-order chi connectivity index (χ0) is 22.5. The Hall–Kier alpha value is -2.89. The third-order valence-corrected chi connectivity index (χ3v) is 4.05. The summed E-state index contributed by atoms with van der Waals surface area (Å²) in [5.74, 6) is -1.62. The highest BCUT2D eigenvalue weighted by Crippen LogP contribution is 2.25. The van der Waals surface area contributed by atoms with Gasteiger partial charge in [0.15, 0.2) is 11.5 Å². The summed E-state index contributed by atoms with van der Waals surface area (Å²) in [5.41, 5.74) is 1.03. The number of nitrogens with zero attached hydrogens (tertiary/aromatic N) is 1. The van der Waals surface area contributed by atoms with Crippen LogP contribution in [0.4, 0.5) is 0 Å². The van der Waals surface area contributed by atoms with Crippen molar-refractivity contribution in [2.45, 2.75) is 13.0 Å². The van der Waals surface area contributed by atoms with Gasteiger partial charge in [0.1, 0.15) is 12.6 Å². The van der Waals surface area contributed by atoms with Crippen LogP contribution in [0.25, 0.3) is 0 Å². The molecule has 1 fully saturated rings. The Labute approximate surface area is 174 Å². The number of rotatable bonds is 8. The molecule has 1 aliphatic rings. The molecule has 1 atom stereocenters. The van der Waals surface area contributed by atoms with Crippen LogP contribution in [0, 0.1) is 6.92 Å². The summed E-state index contributed by atoms with van der Waals surface area (Å²) in [6.07, 6.45) is 0. The zero-order valence-electron chi connectivity index (χ0n) is 17.1. The van der Waals surface area contributed by atoms with E-state index in [0.29, 0.717) is 32.1 Å². The number of phenols is 1. The van der Waals surface area contributed by atoms with Crippen LogP contribution in [0.2, 0.25) is 0 Å². The maximum absolute atomic E-state index is 11.7. The third-order valence-electron chi connectivity index (χ3n) is 4.05. The van der Waals surface area contributed by atoms with E-state index in [2.05, 4.69) is 10.6 Å². The fourth-order valence-corrected chi connectivity index (χ4v) is 2.48. The largest absolute Gasteiger partial charge is 0.504 e. The molecule has 0 spiro atoms. The van der Waals surface area contributed by atoms with Gasteiger partial charge in [-0.1, -0.05) is 6.07 Å². The summed E-state index contributed by atoms with van der Waals surface area (Å²) in [4.78, 5) is 35.4. The quantitative estimate of drug-likeness (QED) is 0.340. The summed E-state index contributed by atoms with van der Waals surface area (Å²) >= 11 is 0. The predicted molar refractivity (Wildman–Crippen MR) is 106 cm³/mol. The van der Waals surface area contributed by atoms with E-state index in [1.807, 2.05) is 17.9 Å². The molecule has 11 nitrogen and oxygen atoms in total. The summed E-state index contributed by atoms with van der Waals surface area (Å²) < 4.78 is 9.99. The number of aliphatic hydroxyl groups excluding tert-OH is 1. The molecule has 0 saturated carbocycles. The van der Waals surface area contributed by atoms with Crippen molar-refractivity contribution in [1.82, 2.24) is 15.5 Å². The Morgan fingerprint density at radius 2 is 1.93 bits per heavy atom. The minimum absolute atomic E-state index is 0.103. The van der Waals surface area contributed by atoms with E-state index in [-0.39, 0.29) is 12.3 Å². The number of aliphatic carboxylic acids is 1. The second kappa shape index (κ2) is 13.4. The van der Waals surface area contributed by atoms with Gasteiger partial charge in [0, 0.05) is 13.1 Å². The number of carbonyl (C=O) groups is 3. The van der Waals surface area contributed by atoms with E-state index >= 15 is 0 Å². The maximum Gasteiger partial charge on any atom is 0.322 e. The number of aromatic hydroxyl groups is 1. The lowest BCUT2D eigenvalue weighted by Gasteiger charge is -2.26. The Balaban J connectivity index is 0.000000375. The number of carboxylic acid groups (broad SMARTS) is 1. The van der Waals surface area contributed by atoms with Crippen LogP contribution >= 0.6 is 0 Å². The number of methoxy groups -OCH3 is 1. The van der Waals surface area contributed by atoms with Gasteiger partial charge in [0.25, 0.3) is 0 Å². The van der Waals surface area contributed by atoms with Crippen LogP contribution in [0.3, 0.4) is 0 Å². The van der Waals surface area contributed by atoms with Crippen LogP contribution in [-0.2, 0) is 19.1 Å². The molecule has 1 unspecified atom stereocenters. The number of nitrogens with one attached hydrogen (secondary N) is 2. The molecule has 1 aromatic carbocycles. The molecular formula is C19H29N3O8. The number of hydrogen-bond donors (Lipinski definition) is 5. The van der Waals surface area contributed by atoms with Crippen molar-refractivity contribution in [3.05, 3.63) is 23.8 Å². The van der Waals surface area contributed by atoms with Crippen LogP contribution in [0.5, 0.6) is 11.5 Å². The first-order valence-corrected chi connectivity index (χ1v) is 9.30. The summed E-state index contributed by atoms with van der Waals surface area (Å²) in [7, 11) is 1.53. The van der Waals surface area contributed by atoms with Gasteiger partial charge in [-0.05, 0) is 24.6 Å². The molecule has 168 valence electrons. The van der Waals surface area contributed by atoms with Crippen molar-refractivity contribution in [2.24, 2.45) is 0 Å². The van der Waals surface area contributed by atoms with Gasteiger partial charge < -0.3 is 35.4 Å². The molecule has 30 heavy (non-hydrogen) atoms. The van der Waals surface area contributed by atoms with Crippen molar-refractivity contribution in [3.63, 3.8) is 0 Å². The van der Waals surface area contributed by atoms with Crippen molar-refractivity contribution < 1.29 is 39.2 Å². The summed E-state index contributed by atoms with van der Waals surface area (Å²) in [5, 5.41) is 31.1. The van der Waals surface area contributed by atoms with Gasteiger partial charge in [0.05, 0.1) is 33.5 Å². The second-order valence-corrected chi connectivity index (χ2v) is 6.48. The number of morpholine rings is 1. The Kier molecular flexibility index (Phi) is 11.2. The molecule has 0 aromatic heterocycles. The first kappa shape index (κ1) is 25.1. The Morgan fingerprint density at radius 1 is 1.27 bits per heavy atom. The fourth-order valence-electron chi connectivity index (χ4n) is 2.48. The Morgan fingerprint density at radius 3 is 2.47 bits per heavy atom. The van der Waals surface area contributed by atoms with Gasteiger partial charge in [-0.25, -0.2) is 0 Å². The lowest BCUT2D eigenvalue weighted by atomic mass is 10.2. The number of carbonyl (C=O) groups excluding carboxylic acids is 2. The number of ether oxygens (including phenoxy) is 2. The van der Waals surface area contributed by atoms with E-state index in [4.69, 9.17) is 24.8 Å². The van der Waals surface area contributed by atoms with Crippen LogP contribution in [0.15, 0.2) is 18.2 Å². The van der Waals surface area contributed by atoms with E-state index < -0.39 is 37.0 Å². The SMILES string of the molecule is COc1ccc(C)cc1O.O=C(O)CNC(=O)C(CO)NC(=O)CN1CCOCC1. The molecule has 2 amide bonds. The average Bonchev–Trinajstić information content (AvgIpc) is 2.71. The molecule has 1 aliphatic heterocycles. The molecule has 0 aliphatic carbocycles. The van der Waals surface area contributed by atoms with Crippen LogP contribution < -0.4 is 15.4 Å². The van der Waals surface area contributed by atoms with Crippen molar-refractivity contribution >= 4 is 17.8 Å². The molecule has 0 radical (unpaired) electrons. The van der Waals surface area contributed by atoms with E-state index in [9.17, 15) is 14.4 Å². The number of phenolic OH excluding ortho intramolecular Hbond substituents is 1. The average molecular weight is 427 g/mol. The van der Waals surface area contributed by atoms with Gasteiger partial charge in [-0.15, -0.1) is 0 Å². The van der Waals surface area contributed by atoms with Crippen molar-refractivity contribution in [2.75, 3.05) is 53.1 Å². The maximum atomic E-state index is 11.7. The van der Waals surface area contributed by atoms with Crippen LogP contribution in [0.1, 0.15) is 5.56 Å². The van der Waals surface area contributed by atoms with Crippen molar-refractivity contribution in [3.8, 4) is 11.5 Å². The number of benzene rings is 1. The monoisotopic (exact) mass is 427 g/mol. The lowest BCUT2D eigenvalue weighted by molar-refractivity contribution is -0.138. The number of amides is 2. The standard InChI is InChI=1S/C11H19N3O6.C8H10O2/c15-7-8(11(19)12-5-10(17)18)13-9(16)6-14-1-3-20-4-2-14;1-6-3-4-8(10-2)7(9)5-6/h8,15H,1-7H2,(H,12,19)(H,13,16)(H,17,18);3-5,9H,1-2H3.